The van der Waals surface area contributed by atoms with Crippen LogP contribution in [0.1, 0.15) is 36.2 Å². The molecule has 33 heavy (non-hydrogen) atoms. The minimum atomic E-state index is -0.827. The van der Waals surface area contributed by atoms with Gasteiger partial charge >= 0.3 is 0 Å². The van der Waals surface area contributed by atoms with E-state index in [2.05, 4.69) is 20.6 Å². The number of para-hydroxylation sites is 1. The van der Waals surface area contributed by atoms with Crippen molar-refractivity contribution in [2.45, 2.75) is 25.8 Å². The number of nitrogens with zero attached hydrogens (tertiary/aromatic N) is 1. The largest absolute Gasteiger partial charge is 0.396 e. The van der Waals surface area contributed by atoms with Crippen molar-refractivity contribution in [2.24, 2.45) is 0 Å². The number of carbonyl (C=O) groups excluding carboxylic acids is 1. The maximum absolute atomic E-state index is 14.9. The summed E-state index contributed by atoms with van der Waals surface area (Å²) < 4.78 is 14.9. The van der Waals surface area contributed by atoms with Gasteiger partial charge in [0.2, 0.25) is 0 Å². The van der Waals surface area contributed by atoms with Gasteiger partial charge in [-0.15, -0.1) is 0 Å². The number of aromatic amines is 1. The maximum atomic E-state index is 14.9. The van der Waals surface area contributed by atoms with Crippen molar-refractivity contribution in [3.05, 3.63) is 81.9 Å². The first kappa shape index (κ1) is 22.4. The topological polar surface area (TPSA) is 107 Å². The van der Waals surface area contributed by atoms with Gasteiger partial charge in [0.25, 0.3) is 5.91 Å². The Morgan fingerprint density at radius 3 is 2.64 bits per heavy atom. The van der Waals surface area contributed by atoms with Crippen LogP contribution in [-0.4, -0.2) is 34.1 Å². The van der Waals surface area contributed by atoms with Crippen LogP contribution in [0.5, 0.6) is 0 Å². The minimum absolute atomic E-state index is 0.0968. The Bertz CT molecular complexity index is 1380. The van der Waals surface area contributed by atoms with Crippen molar-refractivity contribution >= 4 is 33.5 Å². The summed E-state index contributed by atoms with van der Waals surface area (Å²) in [6, 6.07) is 13.1. The molecule has 2 aromatic carbocycles. The van der Waals surface area contributed by atoms with Crippen LogP contribution in [0.2, 0.25) is 0 Å². The maximum Gasteiger partial charge on any atom is 0.255 e. The summed E-state index contributed by atoms with van der Waals surface area (Å²) in [5.41, 5.74) is 0.478. The molecule has 7 nitrogen and oxygen atoms in total. The van der Waals surface area contributed by atoms with Crippen LogP contribution >= 0.6 is 0 Å². The summed E-state index contributed by atoms with van der Waals surface area (Å²) in [4.78, 5) is 33.2. The summed E-state index contributed by atoms with van der Waals surface area (Å²) in [5, 5.41) is 15.5. The first-order valence-corrected chi connectivity index (χ1v) is 10.7. The lowest BCUT2D eigenvalue weighted by Crippen LogP contribution is -2.41. The highest BCUT2D eigenvalue weighted by molar-refractivity contribution is 6.00. The third kappa shape index (κ3) is 4.56. The Kier molecular flexibility index (Phi) is 6.11. The van der Waals surface area contributed by atoms with Gasteiger partial charge in [-0.3, -0.25) is 9.59 Å². The third-order valence-electron chi connectivity index (χ3n) is 5.59. The first-order valence-electron chi connectivity index (χ1n) is 10.7. The summed E-state index contributed by atoms with van der Waals surface area (Å²) in [6.45, 7) is 4.30. The lowest BCUT2D eigenvalue weighted by molar-refractivity contribution is 0.0908. The number of aliphatic hydroxyl groups is 1. The fourth-order valence-electron chi connectivity index (χ4n) is 3.71. The molecule has 8 heteroatoms. The number of fused-ring (bicyclic) bond motifs is 2. The molecule has 0 saturated carbocycles. The molecule has 2 heterocycles. The summed E-state index contributed by atoms with van der Waals surface area (Å²) >= 11 is 0. The Morgan fingerprint density at radius 2 is 1.91 bits per heavy atom. The number of anilines is 1. The van der Waals surface area contributed by atoms with E-state index in [4.69, 9.17) is 5.11 Å². The van der Waals surface area contributed by atoms with E-state index < -0.39 is 17.3 Å². The van der Waals surface area contributed by atoms with Crippen LogP contribution in [-0.2, 0) is 5.54 Å². The molecule has 2 aromatic heterocycles. The fraction of sp³-hybridized carbons (Fsp3) is 0.240. The van der Waals surface area contributed by atoms with E-state index >= 15 is 0 Å². The molecule has 4 aromatic rings. The molecular weight excluding hydrogens is 423 g/mol. The number of H-pyrrole nitrogens is 1. The predicted molar refractivity (Wildman–Crippen MR) is 127 cm³/mol. The fourth-order valence-corrected chi connectivity index (χ4v) is 3.71. The molecule has 1 amide bonds. The second-order valence-corrected chi connectivity index (χ2v) is 8.39. The van der Waals surface area contributed by atoms with Crippen molar-refractivity contribution in [2.75, 3.05) is 18.5 Å². The smallest absolute Gasteiger partial charge is 0.255 e. The van der Waals surface area contributed by atoms with Gasteiger partial charge in [0.1, 0.15) is 11.6 Å². The minimum Gasteiger partial charge on any atom is -0.396 e. The monoisotopic (exact) mass is 448 g/mol. The molecule has 4 N–H and O–H groups in total. The molecule has 0 fully saturated rings. The Morgan fingerprint density at radius 1 is 1.12 bits per heavy atom. The highest BCUT2D eigenvalue weighted by atomic mass is 19.1. The van der Waals surface area contributed by atoms with Crippen molar-refractivity contribution in [1.29, 1.82) is 0 Å². The number of amides is 1. The zero-order valence-corrected chi connectivity index (χ0v) is 18.4. The average Bonchev–Trinajstić information content (AvgIpc) is 2.80. The highest BCUT2D eigenvalue weighted by Gasteiger charge is 2.26. The highest BCUT2D eigenvalue weighted by Crippen LogP contribution is 2.23. The molecule has 0 bridgehead atoms. The Hall–Kier alpha value is -3.78. The van der Waals surface area contributed by atoms with Crippen molar-refractivity contribution in [3.8, 4) is 0 Å². The van der Waals surface area contributed by atoms with Gasteiger partial charge in [-0.2, -0.15) is 0 Å². The van der Waals surface area contributed by atoms with Gasteiger partial charge < -0.3 is 20.7 Å². The van der Waals surface area contributed by atoms with Gasteiger partial charge in [-0.05, 0) is 56.2 Å². The number of benzene rings is 2. The number of aromatic nitrogens is 2. The van der Waals surface area contributed by atoms with Gasteiger partial charge in [-0.25, -0.2) is 9.37 Å². The zero-order valence-electron chi connectivity index (χ0n) is 18.4. The van der Waals surface area contributed by atoms with Crippen molar-refractivity contribution in [3.63, 3.8) is 0 Å². The number of carbonyl (C=O) groups is 1. The van der Waals surface area contributed by atoms with Crippen LogP contribution in [0, 0.1) is 5.82 Å². The van der Waals surface area contributed by atoms with Crippen molar-refractivity contribution in [1.82, 2.24) is 15.3 Å². The molecule has 0 saturated heterocycles. The lowest BCUT2D eigenvalue weighted by atomic mass is 9.95. The number of hydrogen-bond donors (Lipinski definition) is 4. The molecule has 0 spiro atoms. The predicted octanol–water partition coefficient (Wildman–Crippen LogP) is 3.67. The van der Waals surface area contributed by atoms with Crippen molar-refractivity contribution < 1.29 is 14.3 Å². The third-order valence-corrected chi connectivity index (χ3v) is 5.59. The van der Waals surface area contributed by atoms with E-state index in [-0.39, 0.29) is 23.0 Å². The first-order chi connectivity index (χ1) is 15.8. The summed E-state index contributed by atoms with van der Waals surface area (Å²) in [7, 11) is 0. The van der Waals surface area contributed by atoms with Gasteiger partial charge in [0.05, 0.1) is 16.6 Å². The number of aliphatic hydroxyl groups excluding tert-OH is 1. The molecule has 0 aliphatic rings. The van der Waals surface area contributed by atoms with E-state index in [0.29, 0.717) is 35.2 Å². The van der Waals surface area contributed by atoms with E-state index in [1.807, 2.05) is 6.07 Å². The van der Waals surface area contributed by atoms with Gasteiger partial charge in [0.15, 0.2) is 5.43 Å². The van der Waals surface area contributed by atoms with E-state index in [9.17, 15) is 14.0 Å². The van der Waals surface area contributed by atoms with E-state index in [1.165, 1.54) is 6.07 Å². The van der Waals surface area contributed by atoms with E-state index in [1.54, 1.807) is 50.4 Å². The quantitative estimate of drug-likeness (QED) is 0.255. The number of nitrogens with one attached hydrogen (secondary N) is 3. The molecule has 0 aliphatic carbocycles. The van der Waals surface area contributed by atoms with Gasteiger partial charge in [-0.1, -0.05) is 18.2 Å². The summed E-state index contributed by atoms with van der Waals surface area (Å²) in [6.07, 6.45) is 2.26. The van der Waals surface area contributed by atoms with Crippen LogP contribution in [0.3, 0.4) is 0 Å². The molecule has 0 atom stereocenters. The Balaban J connectivity index is 1.60. The van der Waals surface area contributed by atoms with Crippen LogP contribution < -0.4 is 16.1 Å². The normalized spacial score (nSPS) is 11.6. The van der Waals surface area contributed by atoms with Crippen LogP contribution in [0.15, 0.2) is 59.5 Å². The molecule has 0 aliphatic heterocycles. The molecule has 4 rings (SSSR count). The molecule has 0 radical (unpaired) electrons. The van der Waals surface area contributed by atoms with Crippen LogP contribution in [0.25, 0.3) is 21.8 Å². The van der Waals surface area contributed by atoms with E-state index in [0.717, 1.165) is 11.6 Å². The number of pyridine rings is 2. The number of rotatable bonds is 7. The average molecular weight is 448 g/mol. The molecule has 170 valence electrons. The number of halogens is 1. The lowest BCUT2D eigenvalue weighted by Gasteiger charge is -2.27. The second kappa shape index (κ2) is 8.99. The van der Waals surface area contributed by atoms with Gasteiger partial charge in [0, 0.05) is 35.6 Å². The Labute approximate surface area is 189 Å². The van der Waals surface area contributed by atoms with Crippen LogP contribution in [0.4, 0.5) is 10.2 Å². The second-order valence-electron chi connectivity index (χ2n) is 8.39. The summed E-state index contributed by atoms with van der Waals surface area (Å²) in [5.74, 6) is -0.706. The molecule has 0 unspecified atom stereocenters. The molecular formula is C25H25FN4O3. The zero-order chi connectivity index (χ0) is 23.6. The standard InChI is InChI=1S/C25H25FN4O3/c1-25(2,15-8-9-22(28-14-15)27-10-5-11-31)30-24(33)17-13-21-18(12-19(17)26)23(32)16-6-3-4-7-20(16)29-21/h3-4,6-9,12-14,31H,5,10-11H2,1-2H3,(H,27,28)(H,29,32)(H,30,33). The number of hydrogen-bond acceptors (Lipinski definition) is 5. The SMILES string of the molecule is CC(C)(NC(=O)c1cc2[nH]c3ccccc3c(=O)c2cc1F)c1ccc(NCCCO)nc1.